The Labute approximate surface area is 149 Å². The summed E-state index contributed by atoms with van der Waals surface area (Å²) in [7, 11) is -1.92. The van der Waals surface area contributed by atoms with Crippen LogP contribution in [-0.2, 0) is 10.0 Å². The fourth-order valence-electron chi connectivity index (χ4n) is 2.43. The van der Waals surface area contributed by atoms with E-state index in [1.165, 1.54) is 4.31 Å². The summed E-state index contributed by atoms with van der Waals surface area (Å²) in [5.41, 5.74) is 0. The highest BCUT2D eigenvalue weighted by molar-refractivity contribution is 7.89. The molecule has 0 aromatic heterocycles. The van der Waals surface area contributed by atoms with Crippen LogP contribution in [0.4, 0.5) is 0 Å². The van der Waals surface area contributed by atoms with E-state index in [2.05, 4.69) is 19.2 Å². The van der Waals surface area contributed by atoms with Crippen molar-refractivity contribution in [1.82, 2.24) is 14.5 Å². The van der Waals surface area contributed by atoms with Crippen LogP contribution in [0.1, 0.15) is 13.8 Å². The van der Waals surface area contributed by atoms with Gasteiger partial charge >= 0.3 is 0 Å². The standard InChI is InChI=1S/C16H25N3O3S2/c1-13(2)12-17-16(23)18-8-10-19(11-9-18)24(20,21)15-6-4-14(22-3)5-7-15/h4-7,13H,8-12H2,1-3H3,(H,17,23). The van der Waals surface area contributed by atoms with Crippen LogP contribution in [-0.4, -0.2) is 62.6 Å². The Morgan fingerprint density at radius 3 is 2.29 bits per heavy atom. The lowest BCUT2D eigenvalue weighted by molar-refractivity contribution is 0.263. The van der Waals surface area contributed by atoms with E-state index in [-0.39, 0.29) is 4.90 Å². The normalized spacial score (nSPS) is 16.2. The molecule has 24 heavy (non-hydrogen) atoms. The predicted octanol–water partition coefficient (Wildman–Crippen LogP) is 1.53. The van der Waals surface area contributed by atoms with Gasteiger partial charge in [0.05, 0.1) is 12.0 Å². The third-order valence-electron chi connectivity index (χ3n) is 3.88. The van der Waals surface area contributed by atoms with Gasteiger partial charge in [-0.1, -0.05) is 13.8 Å². The number of hydrogen-bond donors (Lipinski definition) is 1. The minimum Gasteiger partial charge on any atom is -0.497 e. The largest absolute Gasteiger partial charge is 0.497 e. The highest BCUT2D eigenvalue weighted by atomic mass is 32.2. The molecule has 0 spiro atoms. The molecule has 134 valence electrons. The first kappa shape index (κ1) is 19.0. The van der Waals surface area contributed by atoms with Crippen LogP contribution in [0, 0.1) is 5.92 Å². The van der Waals surface area contributed by atoms with Crippen LogP contribution >= 0.6 is 12.2 Å². The van der Waals surface area contributed by atoms with E-state index in [1.54, 1.807) is 31.4 Å². The molecule has 1 fully saturated rings. The van der Waals surface area contributed by atoms with Gasteiger partial charge in [0.2, 0.25) is 10.0 Å². The predicted molar refractivity (Wildman–Crippen MR) is 98.8 cm³/mol. The number of sulfonamides is 1. The van der Waals surface area contributed by atoms with Gasteiger partial charge in [-0.2, -0.15) is 4.31 Å². The van der Waals surface area contributed by atoms with E-state index < -0.39 is 10.0 Å². The lowest BCUT2D eigenvalue weighted by Gasteiger charge is -2.35. The number of nitrogens with zero attached hydrogens (tertiary/aromatic N) is 2. The Hall–Kier alpha value is -1.38. The molecule has 0 unspecified atom stereocenters. The van der Waals surface area contributed by atoms with Crippen molar-refractivity contribution in [3.63, 3.8) is 0 Å². The molecule has 1 aromatic rings. The molecule has 1 heterocycles. The zero-order valence-electron chi connectivity index (χ0n) is 14.4. The van der Waals surface area contributed by atoms with E-state index in [1.807, 2.05) is 4.90 Å². The number of nitrogens with one attached hydrogen (secondary N) is 1. The number of methoxy groups -OCH3 is 1. The van der Waals surface area contributed by atoms with Gasteiger partial charge in [0.1, 0.15) is 5.75 Å². The summed E-state index contributed by atoms with van der Waals surface area (Å²) in [5.74, 6) is 1.15. The Balaban J connectivity index is 1.96. The zero-order valence-corrected chi connectivity index (χ0v) is 16.0. The van der Waals surface area contributed by atoms with Crippen LogP contribution in [0.5, 0.6) is 5.75 Å². The molecule has 0 radical (unpaired) electrons. The van der Waals surface area contributed by atoms with Crippen LogP contribution in [0.25, 0.3) is 0 Å². The Morgan fingerprint density at radius 2 is 1.79 bits per heavy atom. The topological polar surface area (TPSA) is 61.9 Å². The van der Waals surface area contributed by atoms with Gasteiger partial charge in [-0.3, -0.25) is 0 Å². The fourth-order valence-corrected chi connectivity index (χ4v) is 4.12. The molecule has 2 rings (SSSR count). The van der Waals surface area contributed by atoms with Crippen molar-refractivity contribution >= 4 is 27.4 Å². The van der Waals surface area contributed by atoms with E-state index >= 15 is 0 Å². The van der Waals surface area contributed by atoms with Crippen molar-refractivity contribution < 1.29 is 13.2 Å². The summed E-state index contributed by atoms with van der Waals surface area (Å²) in [6, 6.07) is 6.48. The highest BCUT2D eigenvalue weighted by Gasteiger charge is 2.29. The molecule has 0 saturated carbocycles. The van der Waals surface area contributed by atoms with Crippen molar-refractivity contribution in [2.24, 2.45) is 5.92 Å². The van der Waals surface area contributed by atoms with Gasteiger partial charge < -0.3 is 15.0 Å². The number of thiocarbonyl (C=S) groups is 1. The number of benzene rings is 1. The lowest BCUT2D eigenvalue weighted by Crippen LogP contribution is -2.53. The fraction of sp³-hybridized carbons (Fsp3) is 0.562. The maximum Gasteiger partial charge on any atom is 0.243 e. The molecule has 1 aliphatic rings. The number of hydrogen-bond acceptors (Lipinski definition) is 4. The molecule has 1 aliphatic heterocycles. The summed E-state index contributed by atoms with van der Waals surface area (Å²) in [6.45, 7) is 7.11. The summed E-state index contributed by atoms with van der Waals surface area (Å²) < 4.78 is 32.0. The summed E-state index contributed by atoms with van der Waals surface area (Å²) in [4.78, 5) is 2.31. The molecular weight excluding hydrogens is 346 g/mol. The molecule has 8 heteroatoms. The van der Waals surface area contributed by atoms with Gasteiger partial charge in [-0.05, 0) is 42.4 Å². The molecule has 0 aliphatic carbocycles. The van der Waals surface area contributed by atoms with Gasteiger partial charge in [0, 0.05) is 32.7 Å². The second-order valence-corrected chi connectivity index (χ2v) is 8.47. The Morgan fingerprint density at radius 1 is 1.21 bits per heavy atom. The SMILES string of the molecule is COc1ccc(S(=O)(=O)N2CCN(C(=S)NCC(C)C)CC2)cc1. The Kier molecular flexibility index (Phi) is 6.42. The number of piperazine rings is 1. The smallest absolute Gasteiger partial charge is 0.243 e. The van der Waals surface area contributed by atoms with E-state index in [4.69, 9.17) is 17.0 Å². The zero-order chi connectivity index (χ0) is 17.7. The second-order valence-electron chi connectivity index (χ2n) is 6.15. The third-order valence-corrected chi connectivity index (χ3v) is 6.20. The summed E-state index contributed by atoms with van der Waals surface area (Å²) in [5, 5.41) is 3.92. The maximum absolute atomic E-state index is 12.7. The van der Waals surface area contributed by atoms with Crippen molar-refractivity contribution in [2.75, 3.05) is 39.8 Å². The molecule has 6 nitrogen and oxygen atoms in total. The van der Waals surface area contributed by atoms with Crippen LogP contribution in [0.15, 0.2) is 29.2 Å². The third kappa shape index (κ3) is 4.58. The monoisotopic (exact) mass is 371 g/mol. The molecule has 1 aromatic carbocycles. The van der Waals surface area contributed by atoms with Crippen LogP contribution < -0.4 is 10.1 Å². The average molecular weight is 372 g/mol. The Bertz CT molecular complexity index is 652. The summed E-state index contributed by atoms with van der Waals surface area (Å²) >= 11 is 5.38. The number of rotatable bonds is 5. The first-order chi connectivity index (χ1) is 11.3. The molecular formula is C16H25N3O3S2. The van der Waals surface area contributed by atoms with Crippen molar-refractivity contribution in [3.8, 4) is 5.75 Å². The highest BCUT2D eigenvalue weighted by Crippen LogP contribution is 2.20. The minimum atomic E-state index is -3.47. The van der Waals surface area contributed by atoms with E-state index in [9.17, 15) is 8.42 Å². The van der Waals surface area contributed by atoms with Crippen molar-refractivity contribution in [2.45, 2.75) is 18.7 Å². The summed E-state index contributed by atoms with van der Waals surface area (Å²) in [6.07, 6.45) is 0. The quantitative estimate of drug-likeness (QED) is 0.792. The van der Waals surface area contributed by atoms with Gasteiger partial charge in [0.25, 0.3) is 0 Å². The molecule has 0 bridgehead atoms. The van der Waals surface area contributed by atoms with Crippen molar-refractivity contribution in [3.05, 3.63) is 24.3 Å². The maximum atomic E-state index is 12.7. The molecule has 0 amide bonds. The van der Waals surface area contributed by atoms with Crippen LogP contribution in [0.2, 0.25) is 0 Å². The molecule has 1 saturated heterocycles. The van der Waals surface area contributed by atoms with Crippen molar-refractivity contribution in [1.29, 1.82) is 0 Å². The van der Waals surface area contributed by atoms with E-state index in [0.717, 1.165) is 6.54 Å². The van der Waals surface area contributed by atoms with Crippen LogP contribution in [0.3, 0.4) is 0 Å². The van der Waals surface area contributed by atoms with Gasteiger partial charge in [-0.25, -0.2) is 8.42 Å². The second kappa shape index (κ2) is 8.13. The molecule has 0 atom stereocenters. The minimum absolute atomic E-state index is 0.289. The number of ether oxygens (including phenoxy) is 1. The molecule has 1 N–H and O–H groups in total. The van der Waals surface area contributed by atoms with Gasteiger partial charge in [-0.15, -0.1) is 0 Å². The van der Waals surface area contributed by atoms with Gasteiger partial charge in [0.15, 0.2) is 5.11 Å². The first-order valence-corrected chi connectivity index (χ1v) is 9.86. The average Bonchev–Trinajstić information content (AvgIpc) is 2.59. The van der Waals surface area contributed by atoms with E-state index in [0.29, 0.717) is 43.0 Å². The lowest BCUT2D eigenvalue weighted by atomic mass is 10.2. The first-order valence-electron chi connectivity index (χ1n) is 8.01.